The molecule has 0 radical (unpaired) electrons. The summed E-state index contributed by atoms with van der Waals surface area (Å²) < 4.78 is 26.9. The average Bonchev–Trinajstić information content (AvgIpc) is 2.48. The standard InChI is InChI=1S/C15H17ClN2O2S/c1-12-2-3-14(10-17-12)11-18-21(19,20)15-6-4-13(5-7-15)8-9-16/h2-7,10,18H,8-9,11H2,1H3. The number of halogens is 1. The lowest BCUT2D eigenvalue weighted by atomic mass is 10.2. The van der Waals surface area contributed by atoms with Crippen molar-refractivity contribution in [1.29, 1.82) is 0 Å². The first-order chi connectivity index (χ1) is 10.0. The number of hydrogen-bond acceptors (Lipinski definition) is 3. The molecule has 0 aliphatic heterocycles. The fourth-order valence-electron chi connectivity index (χ4n) is 1.81. The third-order valence-corrected chi connectivity index (χ3v) is 4.66. The maximum atomic E-state index is 12.2. The molecule has 0 aliphatic carbocycles. The van der Waals surface area contributed by atoms with Gasteiger partial charge in [0.2, 0.25) is 10.0 Å². The first-order valence-corrected chi connectivity index (χ1v) is 8.59. The van der Waals surface area contributed by atoms with Crippen LogP contribution in [-0.4, -0.2) is 19.3 Å². The van der Waals surface area contributed by atoms with Crippen LogP contribution < -0.4 is 4.72 Å². The second-order valence-electron chi connectivity index (χ2n) is 4.72. The Hall–Kier alpha value is -1.43. The van der Waals surface area contributed by atoms with Crippen LogP contribution in [0.3, 0.4) is 0 Å². The number of benzene rings is 1. The summed E-state index contributed by atoms with van der Waals surface area (Å²) in [6.45, 7) is 2.11. The highest BCUT2D eigenvalue weighted by Gasteiger charge is 2.13. The van der Waals surface area contributed by atoms with Crippen LogP contribution in [0.5, 0.6) is 0 Å². The minimum atomic E-state index is -3.51. The second-order valence-corrected chi connectivity index (χ2v) is 6.86. The van der Waals surface area contributed by atoms with E-state index in [1.54, 1.807) is 30.5 Å². The van der Waals surface area contributed by atoms with Gasteiger partial charge < -0.3 is 0 Å². The lowest BCUT2D eigenvalue weighted by molar-refractivity contribution is 0.581. The summed E-state index contributed by atoms with van der Waals surface area (Å²) in [6, 6.07) is 10.5. The van der Waals surface area contributed by atoms with E-state index in [1.165, 1.54) is 0 Å². The number of alkyl halides is 1. The smallest absolute Gasteiger partial charge is 0.240 e. The predicted octanol–water partition coefficient (Wildman–Crippen LogP) is 2.65. The van der Waals surface area contributed by atoms with Crippen molar-refractivity contribution in [3.8, 4) is 0 Å². The quantitative estimate of drug-likeness (QED) is 0.831. The highest BCUT2D eigenvalue weighted by Crippen LogP contribution is 2.12. The molecule has 1 aromatic carbocycles. The number of aromatic nitrogens is 1. The zero-order valence-electron chi connectivity index (χ0n) is 11.7. The van der Waals surface area contributed by atoms with Gasteiger partial charge in [0.05, 0.1) is 4.90 Å². The van der Waals surface area contributed by atoms with Crippen LogP contribution >= 0.6 is 11.6 Å². The van der Waals surface area contributed by atoms with Crippen molar-refractivity contribution >= 4 is 21.6 Å². The Labute approximate surface area is 130 Å². The highest BCUT2D eigenvalue weighted by molar-refractivity contribution is 7.89. The zero-order valence-corrected chi connectivity index (χ0v) is 13.3. The molecular weight excluding hydrogens is 308 g/mol. The van der Waals surface area contributed by atoms with Crippen LogP contribution in [0.1, 0.15) is 16.8 Å². The molecule has 1 aromatic heterocycles. The number of pyridine rings is 1. The van der Waals surface area contributed by atoms with Gasteiger partial charge >= 0.3 is 0 Å². The van der Waals surface area contributed by atoms with Gasteiger partial charge in [-0.2, -0.15) is 0 Å². The molecule has 21 heavy (non-hydrogen) atoms. The Balaban J connectivity index is 2.05. The van der Waals surface area contributed by atoms with Crippen molar-refractivity contribution in [2.45, 2.75) is 24.8 Å². The summed E-state index contributed by atoms with van der Waals surface area (Å²) in [7, 11) is -3.51. The monoisotopic (exact) mass is 324 g/mol. The van der Waals surface area contributed by atoms with Crippen LogP contribution in [0.15, 0.2) is 47.5 Å². The van der Waals surface area contributed by atoms with Gasteiger partial charge in [-0.25, -0.2) is 13.1 Å². The van der Waals surface area contributed by atoms with Gasteiger partial charge in [-0.1, -0.05) is 18.2 Å². The Bertz CT molecular complexity index is 683. The Morgan fingerprint density at radius 2 is 1.76 bits per heavy atom. The van der Waals surface area contributed by atoms with Crippen LogP contribution in [-0.2, 0) is 23.0 Å². The number of nitrogens with zero attached hydrogens (tertiary/aromatic N) is 1. The van der Waals surface area contributed by atoms with E-state index < -0.39 is 10.0 Å². The summed E-state index contributed by atoms with van der Waals surface area (Å²) in [5.74, 6) is 0.519. The van der Waals surface area contributed by atoms with Crippen molar-refractivity contribution in [3.05, 3.63) is 59.4 Å². The minimum absolute atomic E-state index is 0.221. The molecule has 2 rings (SSSR count). The average molecular weight is 325 g/mol. The minimum Gasteiger partial charge on any atom is -0.261 e. The molecule has 0 saturated heterocycles. The molecular formula is C15H17ClN2O2S. The van der Waals surface area contributed by atoms with Crippen molar-refractivity contribution in [1.82, 2.24) is 9.71 Å². The van der Waals surface area contributed by atoms with Gasteiger partial charge in [-0.15, -0.1) is 11.6 Å². The van der Waals surface area contributed by atoms with Gasteiger partial charge in [0.1, 0.15) is 0 Å². The molecule has 0 bridgehead atoms. The van der Waals surface area contributed by atoms with Crippen LogP contribution in [0.2, 0.25) is 0 Å². The van der Waals surface area contributed by atoms with Gasteiger partial charge in [-0.05, 0) is 42.7 Å². The molecule has 4 nitrogen and oxygen atoms in total. The number of nitrogens with one attached hydrogen (secondary N) is 1. The maximum Gasteiger partial charge on any atom is 0.240 e. The van der Waals surface area contributed by atoms with E-state index in [4.69, 9.17) is 11.6 Å². The molecule has 0 fully saturated rings. The van der Waals surface area contributed by atoms with E-state index in [0.29, 0.717) is 5.88 Å². The largest absolute Gasteiger partial charge is 0.261 e. The topological polar surface area (TPSA) is 59.1 Å². The maximum absolute atomic E-state index is 12.2. The van der Waals surface area contributed by atoms with E-state index >= 15 is 0 Å². The van der Waals surface area contributed by atoms with E-state index in [2.05, 4.69) is 9.71 Å². The molecule has 1 N–H and O–H groups in total. The molecule has 112 valence electrons. The fourth-order valence-corrected chi connectivity index (χ4v) is 3.05. The SMILES string of the molecule is Cc1ccc(CNS(=O)(=O)c2ccc(CCCl)cc2)cn1. The van der Waals surface area contributed by atoms with Crippen LogP contribution in [0.25, 0.3) is 0 Å². The molecule has 0 saturated carbocycles. The summed E-state index contributed by atoms with van der Waals surface area (Å²) >= 11 is 5.66. The molecule has 1 heterocycles. The van der Waals surface area contributed by atoms with Gasteiger partial charge in [0.15, 0.2) is 0 Å². The lowest BCUT2D eigenvalue weighted by Crippen LogP contribution is -2.23. The summed E-state index contributed by atoms with van der Waals surface area (Å²) in [4.78, 5) is 4.39. The molecule has 0 unspecified atom stereocenters. The molecule has 0 spiro atoms. The second kappa shape index (κ2) is 7.02. The number of hydrogen-bond donors (Lipinski definition) is 1. The highest BCUT2D eigenvalue weighted by atomic mass is 35.5. The normalized spacial score (nSPS) is 11.5. The molecule has 6 heteroatoms. The first-order valence-electron chi connectivity index (χ1n) is 6.57. The van der Waals surface area contributed by atoms with Crippen molar-refractivity contribution < 1.29 is 8.42 Å². The fraction of sp³-hybridized carbons (Fsp3) is 0.267. The number of aryl methyl sites for hydroxylation is 2. The predicted molar refractivity (Wildman–Crippen MR) is 83.9 cm³/mol. The Morgan fingerprint density at radius 3 is 2.33 bits per heavy atom. The molecule has 0 amide bonds. The lowest BCUT2D eigenvalue weighted by Gasteiger charge is -2.07. The summed E-state index contributed by atoms with van der Waals surface area (Å²) in [6.07, 6.45) is 2.39. The number of sulfonamides is 1. The van der Waals surface area contributed by atoms with Gasteiger partial charge in [-0.3, -0.25) is 4.98 Å². The van der Waals surface area contributed by atoms with Crippen molar-refractivity contribution in [3.63, 3.8) is 0 Å². The van der Waals surface area contributed by atoms with Gasteiger partial charge in [0.25, 0.3) is 0 Å². The molecule has 0 aliphatic rings. The van der Waals surface area contributed by atoms with E-state index in [1.807, 2.05) is 19.1 Å². The number of rotatable bonds is 6. The van der Waals surface area contributed by atoms with Crippen LogP contribution in [0.4, 0.5) is 0 Å². The van der Waals surface area contributed by atoms with E-state index in [9.17, 15) is 8.42 Å². The first kappa shape index (κ1) is 15.9. The van der Waals surface area contributed by atoms with Gasteiger partial charge in [0, 0.05) is 24.3 Å². The van der Waals surface area contributed by atoms with Crippen molar-refractivity contribution in [2.24, 2.45) is 0 Å². The Morgan fingerprint density at radius 1 is 1.10 bits per heavy atom. The summed E-state index contributed by atoms with van der Waals surface area (Å²) in [5, 5.41) is 0. The molecule has 2 aromatic rings. The van der Waals surface area contributed by atoms with E-state index in [0.717, 1.165) is 23.2 Å². The zero-order chi connectivity index (χ0) is 15.3. The third-order valence-electron chi connectivity index (χ3n) is 3.06. The molecule has 0 atom stereocenters. The van der Waals surface area contributed by atoms with Crippen molar-refractivity contribution in [2.75, 3.05) is 5.88 Å². The van der Waals surface area contributed by atoms with Crippen LogP contribution in [0, 0.1) is 6.92 Å². The Kier molecular flexibility index (Phi) is 5.33. The summed E-state index contributed by atoms with van der Waals surface area (Å²) in [5.41, 5.74) is 2.74. The third kappa shape index (κ3) is 4.52. The van der Waals surface area contributed by atoms with E-state index in [-0.39, 0.29) is 11.4 Å².